The SMILES string of the molecule is Cc1ccnc(-c2cc(N3CCCC3C(=O)CC(CS(C)(=O)=O)C(=O)NCCCCC(=O)ON3C(=O)CCC3=O)ccn2)c1.[Ir].[c-]1ccccc1-n1cccn1.[c-]1ccccc1-n1cccn1. The number of aryl methyl sites for hydroxylation is 1. The van der Waals surface area contributed by atoms with Crippen LogP contribution in [0.4, 0.5) is 5.69 Å². The predicted molar refractivity (Wildman–Crippen MR) is 244 cm³/mol. The van der Waals surface area contributed by atoms with Gasteiger partial charge in [-0.25, -0.2) is 13.2 Å². The summed E-state index contributed by atoms with van der Waals surface area (Å²) < 4.78 is 27.9. The first-order chi connectivity index (χ1) is 31.8. The largest absolute Gasteiger partial charge is 0.361 e. The van der Waals surface area contributed by atoms with Gasteiger partial charge in [-0.3, -0.25) is 38.5 Å². The number of carbonyl (C=O) groups excluding carboxylic acids is 5. The number of anilines is 1. The van der Waals surface area contributed by atoms with Gasteiger partial charge in [0.2, 0.25) is 5.91 Å². The van der Waals surface area contributed by atoms with Crippen LogP contribution in [0, 0.1) is 25.0 Å². The zero-order valence-electron chi connectivity index (χ0n) is 37.1. The third-order valence-electron chi connectivity index (χ3n) is 10.4. The van der Waals surface area contributed by atoms with Crippen molar-refractivity contribution in [3.8, 4) is 22.8 Å². The molecule has 0 saturated carbocycles. The smallest absolute Gasteiger partial charge is 0.333 e. The monoisotopic (exact) mass is 1110 g/mol. The second-order valence-corrected chi connectivity index (χ2v) is 17.8. The van der Waals surface area contributed by atoms with E-state index in [0.29, 0.717) is 42.3 Å². The fourth-order valence-electron chi connectivity index (χ4n) is 7.23. The summed E-state index contributed by atoms with van der Waals surface area (Å²) in [6.45, 7) is 2.74. The van der Waals surface area contributed by atoms with Crippen molar-refractivity contribution in [1.82, 2.24) is 39.9 Å². The summed E-state index contributed by atoms with van der Waals surface area (Å²) in [7, 11) is -3.57. The minimum absolute atomic E-state index is 0. The molecular formula is C48H51IrN9O8S-2. The number of benzene rings is 2. The molecule has 19 heteroatoms. The van der Waals surface area contributed by atoms with Crippen LogP contribution in [0.15, 0.2) is 122 Å². The number of unbranched alkanes of at least 4 members (excludes halogenated alkanes) is 1. The van der Waals surface area contributed by atoms with E-state index in [1.54, 1.807) is 34.2 Å². The van der Waals surface area contributed by atoms with Crippen molar-refractivity contribution >= 4 is 45.0 Å². The number of para-hydroxylation sites is 2. The van der Waals surface area contributed by atoms with Crippen LogP contribution in [-0.4, -0.2) is 104 Å². The van der Waals surface area contributed by atoms with E-state index in [9.17, 15) is 32.4 Å². The summed E-state index contributed by atoms with van der Waals surface area (Å²) in [6.07, 6.45) is 13.4. The number of rotatable bonds is 16. The van der Waals surface area contributed by atoms with Crippen molar-refractivity contribution in [2.75, 3.05) is 30.0 Å². The van der Waals surface area contributed by atoms with Gasteiger partial charge in [-0.15, -0.1) is 17.2 Å². The predicted octanol–water partition coefficient (Wildman–Crippen LogP) is 5.28. The fourth-order valence-corrected chi connectivity index (χ4v) is 8.23. The molecular weight excluding hydrogens is 1050 g/mol. The Morgan fingerprint density at radius 1 is 0.821 bits per heavy atom. The molecule has 6 aromatic rings. The van der Waals surface area contributed by atoms with E-state index in [1.165, 1.54) is 0 Å². The van der Waals surface area contributed by atoms with Crippen molar-refractivity contribution in [1.29, 1.82) is 0 Å². The van der Waals surface area contributed by atoms with Crippen LogP contribution in [0.25, 0.3) is 22.8 Å². The third-order valence-corrected chi connectivity index (χ3v) is 11.4. The molecule has 2 aliphatic heterocycles. The second-order valence-electron chi connectivity index (χ2n) is 15.6. The van der Waals surface area contributed by atoms with Gasteiger partial charge in [0.1, 0.15) is 9.84 Å². The average molecular weight is 1110 g/mol. The van der Waals surface area contributed by atoms with Gasteiger partial charge in [-0.05, 0) is 85.9 Å². The number of nitrogens with zero attached hydrogens (tertiary/aromatic N) is 8. The van der Waals surface area contributed by atoms with Crippen molar-refractivity contribution in [2.24, 2.45) is 5.92 Å². The number of hydrogen-bond acceptors (Lipinski definition) is 13. The Balaban J connectivity index is 0.000000293. The van der Waals surface area contributed by atoms with Crippen LogP contribution < -0.4 is 10.2 Å². The number of imide groups is 1. The Kier molecular flexibility index (Phi) is 19.4. The molecule has 2 fully saturated rings. The number of amides is 3. The van der Waals surface area contributed by atoms with E-state index in [0.717, 1.165) is 35.3 Å². The average Bonchev–Trinajstić information content (AvgIpc) is 4.18. The molecule has 2 aliphatic rings. The Hall–Kier alpha value is -6.69. The Morgan fingerprint density at radius 2 is 1.43 bits per heavy atom. The van der Waals surface area contributed by atoms with E-state index >= 15 is 0 Å². The zero-order valence-corrected chi connectivity index (χ0v) is 40.3. The van der Waals surface area contributed by atoms with Gasteiger partial charge in [0.15, 0.2) is 5.78 Å². The summed E-state index contributed by atoms with van der Waals surface area (Å²) in [6, 6.07) is 32.4. The molecule has 0 bridgehead atoms. The van der Waals surface area contributed by atoms with E-state index in [2.05, 4.69) is 37.6 Å². The molecule has 3 amide bonds. The van der Waals surface area contributed by atoms with E-state index in [1.807, 2.05) is 109 Å². The quantitative estimate of drug-likeness (QED) is 0.0745. The molecule has 2 aromatic carbocycles. The number of hydrogen-bond donors (Lipinski definition) is 1. The van der Waals surface area contributed by atoms with Gasteiger partial charge >= 0.3 is 5.97 Å². The first-order valence-corrected chi connectivity index (χ1v) is 23.5. The van der Waals surface area contributed by atoms with Crippen LogP contribution >= 0.6 is 0 Å². The van der Waals surface area contributed by atoms with Crippen LogP contribution in [0.2, 0.25) is 0 Å². The first kappa shape index (κ1) is 51.3. The molecule has 6 heterocycles. The van der Waals surface area contributed by atoms with Crippen molar-refractivity contribution < 1.29 is 57.3 Å². The number of hydroxylamine groups is 2. The second kappa shape index (κ2) is 25.3. The molecule has 0 aliphatic carbocycles. The standard InChI is InChI=1S/C30H37N5O8S.2C9H7N2.Ir/c1-20-10-13-31-23(16-20)24-18-22(11-14-32-24)34-15-5-6-25(34)26(36)17-21(19-44(2,41)42)30(40)33-12-4-3-7-29(39)43-35-27(37)8-9-28(35)38;2*1-2-5-9(6-3-1)11-8-4-7-10-11;/h10-11,13-14,16,18,21,25H,3-9,12,15,17,19H2,1-2H3,(H,33,40);2*1-5,7-8H;/q;2*-1;. The number of ketones is 1. The zero-order chi connectivity index (χ0) is 46.9. The Labute approximate surface area is 403 Å². The minimum Gasteiger partial charge on any atom is -0.361 e. The minimum atomic E-state index is -3.57. The summed E-state index contributed by atoms with van der Waals surface area (Å²) in [5.41, 5.74) is 5.17. The number of pyridine rings is 2. The Bertz CT molecular complexity index is 2570. The molecule has 67 heavy (non-hydrogen) atoms. The number of sulfone groups is 1. The number of carbonyl (C=O) groups is 5. The maximum atomic E-state index is 13.5. The van der Waals surface area contributed by atoms with Gasteiger partial charge in [0.05, 0.1) is 29.1 Å². The number of aromatic nitrogens is 6. The van der Waals surface area contributed by atoms with Crippen LogP contribution in [0.1, 0.15) is 56.9 Å². The van der Waals surface area contributed by atoms with Crippen LogP contribution in [-0.2, 0) is 58.8 Å². The maximum absolute atomic E-state index is 13.5. The molecule has 1 N–H and O–H groups in total. The molecule has 353 valence electrons. The van der Waals surface area contributed by atoms with Crippen LogP contribution in [0.3, 0.4) is 0 Å². The summed E-state index contributed by atoms with van der Waals surface area (Å²) in [5, 5.41) is 11.3. The number of Topliss-reactive ketones (excluding diaryl/α,β-unsaturated/α-hetero) is 1. The normalized spacial score (nSPS) is 14.7. The van der Waals surface area contributed by atoms with Gasteiger partial charge in [-0.2, -0.15) is 58.7 Å². The van der Waals surface area contributed by atoms with Crippen molar-refractivity contribution in [3.63, 3.8) is 0 Å². The molecule has 4 aromatic heterocycles. The van der Waals surface area contributed by atoms with Gasteiger partial charge < -0.3 is 15.1 Å². The molecule has 2 atom stereocenters. The fraction of sp³-hybridized carbons (Fsp3) is 0.312. The third kappa shape index (κ3) is 15.7. The summed E-state index contributed by atoms with van der Waals surface area (Å²) in [4.78, 5) is 77.3. The summed E-state index contributed by atoms with van der Waals surface area (Å²) >= 11 is 0. The maximum Gasteiger partial charge on any atom is 0.333 e. The molecule has 17 nitrogen and oxygen atoms in total. The first-order valence-electron chi connectivity index (χ1n) is 21.5. The molecule has 1 radical (unpaired) electrons. The van der Waals surface area contributed by atoms with Gasteiger partial charge in [0.25, 0.3) is 11.8 Å². The topological polar surface area (TPSA) is 209 Å². The number of nitrogens with one attached hydrogen (secondary N) is 1. The van der Waals surface area contributed by atoms with Crippen LogP contribution in [0.5, 0.6) is 0 Å². The molecule has 2 saturated heterocycles. The van der Waals surface area contributed by atoms with Crippen molar-refractivity contribution in [3.05, 3.63) is 140 Å². The van der Waals surface area contributed by atoms with E-state index in [4.69, 9.17) is 4.84 Å². The van der Waals surface area contributed by atoms with Gasteiger partial charge in [0, 0.05) is 108 Å². The molecule has 8 rings (SSSR count). The van der Waals surface area contributed by atoms with Gasteiger partial charge in [-0.1, -0.05) is 0 Å². The summed E-state index contributed by atoms with van der Waals surface area (Å²) in [5.74, 6) is -4.17. The van der Waals surface area contributed by atoms with Crippen molar-refractivity contribution in [2.45, 2.75) is 64.3 Å². The molecule has 0 spiro atoms. The molecule has 2 unspecified atom stereocenters. The van der Waals surface area contributed by atoms with E-state index in [-0.39, 0.29) is 58.1 Å². The Morgan fingerprint density at radius 3 is 1.99 bits per heavy atom. The van der Waals surface area contributed by atoms with E-state index < -0.39 is 51.2 Å².